The number of carbonyl (C=O) groups is 3. The molecule has 10 heteroatoms. The van der Waals surface area contributed by atoms with Gasteiger partial charge in [-0.05, 0) is 37.0 Å². The molecule has 1 saturated carbocycles. The third-order valence-electron chi connectivity index (χ3n) is 9.88. The lowest BCUT2D eigenvalue weighted by molar-refractivity contribution is -0.232. The normalized spacial score (nSPS) is 40.4. The number of cyclic esters (lactones) is 1. The fraction of sp³-hybridized carbons (Fsp3) is 0.621. The standard InChI is InChI=1S/C29H36O10/c1-13-16-10-19(32)38-24(15-8-9-36-12-15)28(16,5)23(34)20-22(13)39-26-21(33)25(37-14(2)30)27(3,4)17(29(20,26)6)11-18(31)35-7/h8-10,12,17,20-21,23-26,33-34H,11H2,1-7H3/t17-,20+,21-,23-,24-,25+,26-,28-,29-/m0/s1. The van der Waals surface area contributed by atoms with Crippen molar-refractivity contribution in [3.05, 3.63) is 47.1 Å². The van der Waals surface area contributed by atoms with Crippen molar-refractivity contribution in [2.45, 2.75) is 78.5 Å². The maximum Gasteiger partial charge on any atom is 0.331 e. The summed E-state index contributed by atoms with van der Waals surface area (Å²) in [5.41, 5.74) is -1.22. The van der Waals surface area contributed by atoms with E-state index in [-0.39, 0.29) is 6.42 Å². The second kappa shape index (κ2) is 8.96. The van der Waals surface area contributed by atoms with Crippen LogP contribution in [0.4, 0.5) is 0 Å². The molecule has 4 aliphatic rings. The molecular weight excluding hydrogens is 508 g/mol. The number of allylic oxidation sites excluding steroid dienone is 1. The Morgan fingerprint density at radius 3 is 2.41 bits per heavy atom. The number of ether oxygens (including phenoxy) is 4. The lowest BCUT2D eigenvalue weighted by atomic mass is 9.46. The van der Waals surface area contributed by atoms with Crippen LogP contribution in [-0.4, -0.2) is 59.6 Å². The van der Waals surface area contributed by atoms with Crippen LogP contribution in [0.2, 0.25) is 0 Å². The van der Waals surface area contributed by atoms with Gasteiger partial charge in [-0.25, -0.2) is 4.79 Å². The Hall–Kier alpha value is -3.11. The second-order valence-electron chi connectivity index (χ2n) is 12.2. The van der Waals surface area contributed by atoms with Crippen LogP contribution in [0, 0.1) is 28.1 Å². The van der Waals surface area contributed by atoms with Crippen LogP contribution in [0.15, 0.2) is 46.0 Å². The van der Waals surface area contributed by atoms with E-state index in [0.29, 0.717) is 22.5 Å². The van der Waals surface area contributed by atoms with Gasteiger partial charge in [-0.1, -0.05) is 20.8 Å². The van der Waals surface area contributed by atoms with Crippen molar-refractivity contribution in [1.82, 2.24) is 0 Å². The molecular formula is C29H36O10. The van der Waals surface area contributed by atoms with E-state index in [0.717, 1.165) is 0 Å². The van der Waals surface area contributed by atoms with Crippen molar-refractivity contribution >= 4 is 17.9 Å². The monoisotopic (exact) mass is 544 g/mol. The largest absolute Gasteiger partial charge is 0.491 e. The predicted octanol–water partition coefficient (Wildman–Crippen LogP) is 2.99. The number of methoxy groups -OCH3 is 1. The third kappa shape index (κ3) is 3.64. The molecule has 2 aliphatic heterocycles. The summed E-state index contributed by atoms with van der Waals surface area (Å²) < 4.78 is 28.2. The van der Waals surface area contributed by atoms with Crippen LogP contribution >= 0.6 is 0 Å². The Morgan fingerprint density at radius 2 is 1.82 bits per heavy atom. The summed E-state index contributed by atoms with van der Waals surface area (Å²) in [6, 6.07) is 1.69. The number of hydrogen-bond acceptors (Lipinski definition) is 10. The molecule has 0 spiro atoms. The van der Waals surface area contributed by atoms with E-state index in [4.69, 9.17) is 23.4 Å². The zero-order valence-electron chi connectivity index (χ0n) is 23.2. The molecule has 212 valence electrons. The van der Waals surface area contributed by atoms with Crippen LogP contribution in [0.5, 0.6) is 0 Å². The topological polar surface area (TPSA) is 142 Å². The highest BCUT2D eigenvalue weighted by atomic mass is 16.6. The second-order valence-corrected chi connectivity index (χ2v) is 12.2. The van der Waals surface area contributed by atoms with Gasteiger partial charge in [0.1, 0.15) is 30.2 Å². The van der Waals surface area contributed by atoms with Gasteiger partial charge in [0.05, 0.1) is 37.1 Å². The van der Waals surface area contributed by atoms with E-state index in [1.165, 1.54) is 32.6 Å². The first-order valence-corrected chi connectivity index (χ1v) is 13.1. The highest BCUT2D eigenvalue weighted by Gasteiger charge is 2.73. The lowest BCUT2D eigenvalue weighted by Crippen LogP contribution is -2.67. The van der Waals surface area contributed by atoms with Crippen molar-refractivity contribution in [2.24, 2.45) is 28.1 Å². The minimum Gasteiger partial charge on any atom is -0.491 e. The van der Waals surface area contributed by atoms with E-state index >= 15 is 0 Å². The predicted molar refractivity (Wildman–Crippen MR) is 134 cm³/mol. The molecule has 0 amide bonds. The minimum atomic E-state index is -1.26. The number of aliphatic hydroxyl groups excluding tert-OH is 2. The van der Waals surface area contributed by atoms with Crippen molar-refractivity contribution in [2.75, 3.05) is 7.11 Å². The van der Waals surface area contributed by atoms with Crippen LogP contribution in [0.1, 0.15) is 59.6 Å². The van der Waals surface area contributed by atoms with Crippen LogP contribution in [-0.2, 0) is 33.3 Å². The van der Waals surface area contributed by atoms with Crippen LogP contribution in [0.25, 0.3) is 0 Å². The summed E-state index contributed by atoms with van der Waals surface area (Å²) in [6.45, 7) is 10.5. The van der Waals surface area contributed by atoms with Gasteiger partial charge in [0.2, 0.25) is 0 Å². The van der Waals surface area contributed by atoms with Gasteiger partial charge in [0.25, 0.3) is 0 Å². The van der Waals surface area contributed by atoms with Gasteiger partial charge in [-0.3, -0.25) is 9.59 Å². The summed E-state index contributed by atoms with van der Waals surface area (Å²) in [4.78, 5) is 37.5. The molecule has 0 bridgehead atoms. The molecule has 2 N–H and O–H groups in total. The summed E-state index contributed by atoms with van der Waals surface area (Å²) in [5.74, 6) is -2.40. The van der Waals surface area contributed by atoms with Crippen LogP contribution in [0.3, 0.4) is 0 Å². The van der Waals surface area contributed by atoms with E-state index in [1.54, 1.807) is 6.07 Å². The zero-order chi connectivity index (χ0) is 28.7. The number of aliphatic hydroxyl groups is 2. The summed E-state index contributed by atoms with van der Waals surface area (Å²) in [6.07, 6.45) is -0.895. The highest BCUT2D eigenvalue weighted by Crippen LogP contribution is 2.69. The van der Waals surface area contributed by atoms with Crippen molar-refractivity contribution < 1.29 is 48.0 Å². The zero-order valence-corrected chi connectivity index (χ0v) is 23.2. The molecule has 0 radical (unpaired) electrons. The Kier molecular flexibility index (Phi) is 6.31. The summed E-state index contributed by atoms with van der Waals surface area (Å²) in [7, 11) is 1.30. The molecule has 1 aromatic heterocycles. The molecule has 39 heavy (non-hydrogen) atoms. The molecule has 10 nitrogen and oxygen atoms in total. The maximum atomic E-state index is 12.8. The Balaban J connectivity index is 1.72. The summed E-state index contributed by atoms with van der Waals surface area (Å²) in [5, 5.41) is 24.0. The van der Waals surface area contributed by atoms with Crippen molar-refractivity contribution in [1.29, 1.82) is 0 Å². The number of esters is 3. The van der Waals surface area contributed by atoms with Crippen LogP contribution < -0.4 is 0 Å². The Bertz CT molecular complexity index is 1260. The van der Waals surface area contributed by atoms with Crippen molar-refractivity contribution in [3.63, 3.8) is 0 Å². The molecule has 5 rings (SSSR count). The molecule has 1 saturated heterocycles. The number of hydrogen-bond donors (Lipinski definition) is 2. The summed E-state index contributed by atoms with van der Waals surface area (Å²) >= 11 is 0. The smallest absolute Gasteiger partial charge is 0.331 e. The fourth-order valence-electron chi connectivity index (χ4n) is 8.02. The van der Waals surface area contributed by atoms with Gasteiger partial charge in [0.15, 0.2) is 0 Å². The van der Waals surface area contributed by atoms with Crippen molar-refractivity contribution in [3.8, 4) is 0 Å². The minimum absolute atomic E-state index is 0.0561. The highest BCUT2D eigenvalue weighted by molar-refractivity contribution is 5.86. The number of carbonyl (C=O) groups excluding carboxylic acids is 3. The first-order valence-electron chi connectivity index (χ1n) is 13.1. The molecule has 2 fully saturated rings. The van der Waals surface area contributed by atoms with Gasteiger partial charge < -0.3 is 33.6 Å². The average Bonchev–Trinajstić information content (AvgIpc) is 3.51. The van der Waals surface area contributed by atoms with E-state index in [1.807, 2.05) is 34.6 Å². The van der Waals surface area contributed by atoms with Gasteiger partial charge in [-0.15, -0.1) is 0 Å². The SMILES string of the molecule is COC(=O)C[C@H]1C(C)(C)[C@H](OC(C)=O)[C@H](O)[C@@H]2OC3=C(C)C4=CC(=O)O[C@@H](c5ccoc5)[C@]4(C)[C@@H](O)[C@@H]3[C@@]21C. The first kappa shape index (κ1) is 27.5. The first-order chi connectivity index (χ1) is 18.2. The maximum absolute atomic E-state index is 12.8. The van der Waals surface area contributed by atoms with Gasteiger partial charge in [0, 0.05) is 35.8 Å². The number of furan rings is 1. The molecule has 0 aromatic carbocycles. The number of rotatable bonds is 4. The van der Waals surface area contributed by atoms with E-state index in [2.05, 4.69) is 0 Å². The molecule has 0 unspecified atom stereocenters. The van der Waals surface area contributed by atoms with E-state index in [9.17, 15) is 24.6 Å². The number of fused-ring (bicyclic) bond motifs is 4. The average molecular weight is 545 g/mol. The molecule has 1 aromatic rings. The molecule has 9 atom stereocenters. The Labute approximate surface area is 226 Å². The molecule has 2 aliphatic carbocycles. The molecule has 3 heterocycles. The van der Waals surface area contributed by atoms with Gasteiger partial charge >= 0.3 is 17.9 Å². The third-order valence-corrected chi connectivity index (χ3v) is 9.88. The van der Waals surface area contributed by atoms with Gasteiger partial charge in [-0.2, -0.15) is 0 Å². The van der Waals surface area contributed by atoms with E-state index < -0.39 is 76.5 Å². The fourth-order valence-corrected chi connectivity index (χ4v) is 8.02. The quantitative estimate of drug-likeness (QED) is 0.429. The Morgan fingerprint density at radius 1 is 1.13 bits per heavy atom. The lowest BCUT2D eigenvalue weighted by Gasteiger charge is -2.59.